The van der Waals surface area contributed by atoms with Crippen molar-refractivity contribution in [2.45, 2.75) is 50.1 Å². The first-order valence-electron chi connectivity index (χ1n) is 10.5. The van der Waals surface area contributed by atoms with E-state index in [4.69, 9.17) is 0 Å². The highest BCUT2D eigenvalue weighted by Gasteiger charge is 2.39. The van der Waals surface area contributed by atoms with E-state index in [0.29, 0.717) is 31.5 Å². The summed E-state index contributed by atoms with van der Waals surface area (Å²) in [7, 11) is 3.09. The molecule has 0 spiro atoms. The minimum atomic E-state index is -4.74. The van der Waals surface area contributed by atoms with Gasteiger partial charge in [-0.05, 0) is 37.8 Å². The molecule has 0 saturated heterocycles. The van der Waals surface area contributed by atoms with Gasteiger partial charge in [-0.3, -0.25) is 13.9 Å². The van der Waals surface area contributed by atoms with Crippen molar-refractivity contribution in [1.82, 2.24) is 24.5 Å². The Morgan fingerprint density at radius 1 is 1.06 bits per heavy atom. The number of anilines is 1. The molecule has 3 aromatic heterocycles. The number of carbonyl (C=O) groups is 1. The molecule has 0 aliphatic heterocycles. The maximum Gasteiger partial charge on any atom is 0.435 e. The van der Waals surface area contributed by atoms with E-state index in [1.807, 2.05) is 4.90 Å². The van der Waals surface area contributed by atoms with Gasteiger partial charge < -0.3 is 10.2 Å². The van der Waals surface area contributed by atoms with Crippen LogP contribution in [0.25, 0.3) is 5.65 Å². The standard InChI is InChI=1S/C21H22F6N6O/c1-31-10-14(18(30-31)21(25,26)27)19(34)28-12-6-8-13(9-7-12)32(2)17-5-3-4-16-29-15(11-33(16)17)20(22,23)24/h3-5,10-13H,6-9H2,1-2H3,(H,28,34). The number of aryl methyl sites for hydroxylation is 1. The summed E-state index contributed by atoms with van der Waals surface area (Å²) in [6.45, 7) is 0. The van der Waals surface area contributed by atoms with E-state index in [0.717, 1.165) is 17.1 Å². The van der Waals surface area contributed by atoms with E-state index >= 15 is 0 Å². The summed E-state index contributed by atoms with van der Waals surface area (Å²) in [5.74, 6) is -0.293. The van der Waals surface area contributed by atoms with E-state index < -0.39 is 35.2 Å². The minimum absolute atomic E-state index is 0.0281. The first kappa shape index (κ1) is 23.9. The molecule has 0 bridgehead atoms. The van der Waals surface area contributed by atoms with Crippen LogP contribution in [0.2, 0.25) is 0 Å². The molecule has 4 rings (SSSR count). The maximum atomic E-state index is 13.1. The summed E-state index contributed by atoms with van der Waals surface area (Å²) < 4.78 is 81.0. The molecule has 1 amide bonds. The third-order valence-electron chi connectivity index (χ3n) is 6.04. The number of hydrogen-bond donors (Lipinski definition) is 1. The third-order valence-corrected chi connectivity index (χ3v) is 6.04. The molecule has 13 heteroatoms. The summed E-state index contributed by atoms with van der Waals surface area (Å²) in [6.07, 6.45) is -5.09. The number of halogens is 6. The SMILES string of the molecule is CN(c1cccc2nc(C(F)(F)F)cn12)C1CCC(NC(=O)c2cn(C)nc2C(F)(F)F)CC1. The quantitative estimate of drug-likeness (QED) is 0.557. The van der Waals surface area contributed by atoms with Gasteiger partial charge in [-0.2, -0.15) is 31.4 Å². The third kappa shape index (κ3) is 4.68. The number of pyridine rings is 1. The Morgan fingerprint density at radius 3 is 2.35 bits per heavy atom. The molecule has 0 unspecified atom stereocenters. The van der Waals surface area contributed by atoms with Gasteiger partial charge in [0.2, 0.25) is 0 Å². The van der Waals surface area contributed by atoms with Crippen LogP contribution >= 0.6 is 0 Å². The normalized spacial score (nSPS) is 19.4. The van der Waals surface area contributed by atoms with Gasteiger partial charge in [0.05, 0.1) is 5.56 Å². The van der Waals surface area contributed by atoms with Gasteiger partial charge in [0.1, 0.15) is 11.5 Å². The molecule has 1 saturated carbocycles. The van der Waals surface area contributed by atoms with Gasteiger partial charge in [-0.15, -0.1) is 0 Å². The van der Waals surface area contributed by atoms with Gasteiger partial charge >= 0.3 is 12.4 Å². The maximum absolute atomic E-state index is 13.1. The molecule has 3 heterocycles. The highest BCUT2D eigenvalue weighted by molar-refractivity contribution is 5.95. The van der Waals surface area contributed by atoms with Crippen molar-refractivity contribution in [1.29, 1.82) is 0 Å². The van der Waals surface area contributed by atoms with Crippen molar-refractivity contribution in [3.05, 3.63) is 47.5 Å². The fourth-order valence-corrected chi connectivity index (χ4v) is 4.34. The fraction of sp³-hybridized carbons (Fsp3) is 0.476. The molecule has 0 atom stereocenters. The Bertz CT molecular complexity index is 1190. The molecule has 34 heavy (non-hydrogen) atoms. The van der Waals surface area contributed by atoms with E-state index in [1.54, 1.807) is 19.2 Å². The number of imidazole rings is 1. The number of amides is 1. The molecule has 7 nitrogen and oxygen atoms in total. The predicted octanol–water partition coefficient (Wildman–Crippen LogP) is 4.28. The summed E-state index contributed by atoms with van der Waals surface area (Å²) in [6, 6.07) is 4.47. The second-order valence-corrected chi connectivity index (χ2v) is 8.39. The Kier molecular flexibility index (Phi) is 5.98. The second kappa shape index (κ2) is 8.51. The van der Waals surface area contributed by atoms with Gasteiger partial charge in [0, 0.05) is 38.6 Å². The number of carbonyl (C=O) groups excluding carboxylic acids is 1. The Hall–Kier alpha value is -3.25. The summed E-state index contributed by atoms with van der Waals surface area (Å²) in [5.41, 5.74) is -2.56. The zero-order valence-electron chi connectivity index (χ0n) is 18.3. The molecule has 3 aromatic rings. The second-order valence-electron chi connectivity index (χ2n) is 8.39. The Labute approximate surface area is 190 Å². The minimum Gasteiger partial charge on any atom is -0.358 e. The van der Waals surface area contributed by atoms with E-state index in [1.165, 1.54) is 17.5 Å². The van der Waals surface area contributed by atoms with Crippen LogP contribution in [0.15, 0.2) is 30.6 Å². The summed E-state index contributed by atoms with van der Waals surface area (Å²) >= 11 is 0. The van der Waals surface area contributed by atoms with E-state index in [2.05, 4.69) is 15.4 Å². The number of nitrogens with one attached hydrogen (secondary N) is 1. The number of aromatic nitrogens is 4. The Balaban J connectivity index is 1.43. The zero-order chi connectivity index (χ0) is 24.8. The molecule has 1 N–H and O–H groups in total. The Morgan fingerprint density at radius 2 is 1.74 bits per heavy atom. The van der Waals surface area contributed by atoms with Crippen LogP contribution in [0.1, 0.15) is 47.4 Å². The molecule has 1 fully saturated rings. The first-order chi connectivity index (χ1) is 15.8. The highest BCUT2D eigenvalue weighted by Crippen LogP contribution is 2.33. The van der Waals surface area contributed by atoms with Gasteiger partial charge in [0.15, 0.2) is 11.4 Å². The molecule has 0 radical (unpaired) electrons. The molecule has 0 aromatic carbocycles. The lowest BCUT2D eigenvalue weighted by Crippen LogP contribution is -2.43. The van der Waals surface area contributed by atoms with Gasteiger partial charge in [-0.25, -0.2) is 4.98 Å². The lowest BCUT2D eigenvalue weighted by atomic mass is 9.90. The van der Waals surface area contributed by atoms with Crippen LogP contribution in [0.5, 0.6) is 0 Å². The molecule has 1 aliphatic carbocycles. The largest absolute Gasteiger partial charge is 0.435 e. The van der Waals surface area contributed by atoms with Crippen molar-refractivity contribution >= 4 is 17.4 Å². The highest BCUT2D eigenvalue weighted by atomic mass is 19.4. The number of alkyl halides is 6. The van der Waals surface area contributed by atoms with Crippen LogP contribution in [-0.4, -0.2) is 44.2 Å². The number of hydrogen-bond acceptors (Lipinski definition) is 4. The monoisotopic (exact) mass is 488 g/mol. The van der Waals surface area contributed by atoms with Crippen molar-refractivity contribution in [2.24, 2.45) is 7.05 Å². The topological polar surface area (TPSA) is 67.5 Å². The smallest absolute Gasteiger partial charge is 0.358 e. The van der Waals surface area contributed by atoms with Crippen LogP contribution in [0, 0.1) is 0 Å². The van der Waals surface area contributed by atoms with Crippen LogP contribution in [-0.2, 0) is 19.4 Å². The average Bonchev–Trinajstić information content (AvgIpc) is 3.37. The van der Waals surface area contributed by atoms with Crippen LogP contribution in [0.3, 0.4) is 0 Å². The van der Waals surface area contributed by atoms with Crippen molar-refractivity contribution in [3.8, 4) is 0 Å². The number of fused-ring (bicyclic) bond motifs is 1. The summed E-state index contributed by atoms with van der Waals surface area (Å²) in [5, 5.41) is 6.01. The van der Waals surface area contributed by atoms with Gasteiger partial charge in [0.25, 0.3) is 5.91 Å². The number of nitrogens with zero attached hydrogens (tertiary/aromatic N) is 5. The van der Waals surface area contributed by atoms with Crippen LogP contribution < -0.4 is 10.2 Å². The van der Waals surface area contributed by atoms with Crippen molar-refractivity contribution in [2.75, 3.05) is 11.9 Å². The molecule has 184 valence electrons. The first-order valence-corrected chi connectivity index (χ1v) is 10.5. The van der Waals surface area contributed by atoms with E-state index in [-0.39, 0.29) is 17.7 Å². The zero-order valence-corrected chi connectivity index (χ0v) is 18.3. The lowest BCUT2D eigenvalue weighted by molar-refractivity contribution is -0.142. The van der Waals surface area contributed by atoms with E-state index in [9.17, 15) is 31.1 Å². The van der Waals surface area contributed by atoms with Crippen LogP contribution in [0.4, 0.5) is 32.2 Å². The van der Waals surface area contributed by atoms with Gasteiger partial charge in [-0.1, -0.05) is 6.07 Å². The van der Waals surface area contributed by atoms with Crippen molar-refractivity contribution < 1.29 is 31.1 Å². The average molecular weight is 488 g/mol. The molecular formula is C21H22F6N6O. The molecule has 1 aliphatic rings. The lowest BCUT2D eigenvalue weighted by Gasteiger charge is -2.36. The fourth-order valence-electron chi connectivity index (χ4n) is 4.34. The summed E-state index contributed by atoms with van der Waals surface area (Å²) in [4.78, 5) is 18.0. The van der Waals surface area contributed by atoms with Crippen molar-refractivity contribution in [3.63, 3.8) is 0 Å². The number of rotatable bonds is 4. The molecular weight excluding hydrogens is 466 g/mol. The predicted molar refractivity (Wildman–Crippen MR) is 110 cm³/mol.